The molecule has 0 spiro atoms. The van der Waals surface area contributed by atoms with Gasteiger partial charge in [-0.25, -0.2) is 8.42 Å². The highest BCUT2D eigenvalue weighted by atomic mass is 35.5. The van der Waals surface area contributed by atoms with E-state index < -0.39 is 9.84 Å². The van der Waals surface area contributed by atoms with E-state index in [4.69, 9.17) is 22.1 Å². The smallest absolute Gasteiger partial charge is 0.177 e. The molecule has 0 heterocycles. The monoisotopic (exact) mass is 325 g/mol. The number of benzene rings is 2. The van der Waals surface area contributed by atoms with Crippen molar-refractivity contribution in [2.24, 2.45) is 0 Å². The van der Waals surface area contributed by atoms with Crippen LogP contribution in [0.3, 0.4) is 0 Å². The number of halogens is 1. The lowest BCUT2D eigenvalue weighted by molar-refractivity contribution is 0.476. The highest BCUT2D eigenvalue weighted by Gasteiger charge is 2.16. The number of para-hydroxylation sites is 1. The molecular weight excluding hydrogens is 310 g/mol. The van der Waals surface area contributed by atoms with E-state index in [0.29, 0.717) is 16.5 Å². The van der Waals surface area contributed by atoms with Crippen molar-refractivity contribution in [3.8, 4) is 11.5 Å². The topological polar surface area (TPSA) is 69.4 Å². The highest BCUT2D eigenvalue weighted by molar-refractivity contribution is 7.90. The fraction of sp³-hybridized carbons (Fsp3) is 0.200. The molecular formula is C15H16ClNO3S. The number of hydrogen-bond acceptors (Lipinski definition) is 4. The Bertz CT molecular complexity index is 778. The fourth-order valence-electron chi connectivity index (χ4n) is 2.10. The average molecular weight is 326 g/mol. The summed E-state index contributed by atoms with van der Waals surface area (Å²) in [7, 11) is -3.40. The summed E-state index contributed by atoms with van der Waals surface area (Å²) in [5.41, 5.74) is 7.72. The van der Waals surface area contributed by atoms with Gasteiger partial charge in [0, 0.05) is 11.3 Å². The minimum atomic E-state index is -3.40. The minimum Gasteiger partial charge on any atom is -0.455 e. The summed E-state index contributed by atoms with van der Waals surface area (Å²) < 4.78 is 29.2. The lowest BCUT2D eigenvalue weighted by atomic mass is 10.1. The summed E-state index contributed by atoms with van der Waals surface area (Å²) >= 11 is 5.98. The molecule has 2 rings (SSSR count). The molecule has 2 aromatic carbocycles. The van der Waals surface area contributed by atoms with Crippen molar-refractivity contribution in [3.05, 3.63) is 46.5 Å². The first-order valence-corrected chi connectivity index (χ1v) is 8.50. The van der Waals surface area contributed by atoms with Gasteiger partial charge in [-0.15, -0.1) is 0 Å². The molecule has 21 heavy (non-hydrogen) atoms. The second kappa shape index (κ2) is 5.58. The van der Waals surface area contributed by atoms with E-state index in [9.17, 15) is 8.42 Å². The third-order valence-corrected chi connectivity index (χ3v) is 4.44. The Hall–Kier alpha value is -1.72. The lowest BCUT2D eigenvalue weighted by Gasteiger charge is -2.15. The third-order valence-electron chi connectivity index (χ3n) is 3.06. The molecule has 0 fully saturated rings. The van der Waals surface area contributed by atoms with Crippen molar-refractivity contribution in [2.75, 3.05) is 12.0 Å². The van der Waals surface area contributed by atoms with Gasteiger partial charge in [0.15, 0.2) is 15.6 Å². The van der Waals surface area contributed by atoms with Crippen molar-refractivity contribution in [2.45, 2.75) is 18.7 Å². The average Bonchev–Trinajstić information content (AvgIpc) is 2.33. The minimum absolute atomic E-state index is 0.0595. The number of sulfone groups is 1. The predicted molar refractivity (Wildman–Crippen MR) is 85.0 cm³/mol. The molecule has 0 radical (unpaired) electrons. The van der Waals surface area contributed by atoms with Gasteiger partial charge in [0.05, 0.1) is 10.6 Å². The second-order valence-corrected chi connectivity index (χ2v) is 7.33. The number of nitrogens with two attached hydrogens (primary N) is 1. The summed E-state index contributed by atoms with van der Waals surface area (Å²) in [6.45, 7) is 3.73. The molecule has 0 saturated carbocycles. The molecule has 112 valence electrons. The van der Waals surface area contributed by atoms with Crippen molar-refractivity contribution in [1.82, 2.24) is 0 Å². The van der Waals surface area contributed by atoms with Gasteiger partial charge in [-0.1, -0.05) is 17.7 Å². The van der Waals surface area contributed by atoms with Gasteiger partial charge >= 0.3 is 0 Å². The number of anilines is 1. The molecule has 2 N–H and O–H groups in total. The summed E-state index contributed by atoms with van der Waals surface area (Å²) in [4.78, 5) is 0.0595. The van der Waals surface area contributed by atoms with E-state index in [1.807, 2.05) is 13.8 Å². The van der Waals surface area contributed by atoms with Crippen LogP contribution in [0.25, 0.3) is 0 Å². The Balaban J connectivity index is 2.51. The van der Waals surface area contributed by atoms with Crippen LogP contribution < -0.4 is 10.5 Å². The zero-order valence-corrected chi connectivity index (χ0v) is 13.5. The van der Waals surface area contributed by atoms with Crippen LogP contribution in [-0.2, 0) is 9.84 Å². The molecule has 0 atom stereocenters. The summed E-state index contributed by atoms with van der Waals surface area (Å²) in [5, 5.41) is 0.621. The number of nitrogen functional groups attached to an aromatic ring is 1. The second-order valence-electron chi connectivity index (χ2n) is 4.91. The van der Waals surface area contributed by atoms with E-state index in [2.05, 4.69) is 0 Å². The molecule has 0 unspecified atom stereocenters. The quantitative estimate of drug-likeness (QED) is 0.873. The van der Waals surface area contributed by atoms with Gasteiger partial charge in [-0.05, 0) is 49.2 Å². The van der Waals surface area contributed by atoms with Gasteiger partial charge in [0.1, 0.15) is 5.75 Å². The molecule has 4 nitrogen and oxygen atoms in total. The van der Waals surface area contributed by atoms with Crippen LogP contribution in [0.15, 0.2) is 35.2 Å². The largest absolute Gasteiger partial charge is 0.455 e. The van der Waals surface area contributed by atoms with E-state index >= 15 is 0 Å². The van der Waals surface area contributed by atoms with Crippen molar-refractivity contribution < 1.29 is 13.2 Å². The SMILES string of the molecule is Cc1cc(Cl)cc(C)c1Oc1cccc(S(C)(=O)=O)c1N. The van der Waals surface area contributed by atoms with Gasteiger partial charge in [-0.2, -0.15) is 0 Å². The van der Waals surface area contributed by atoms with E-state index in [1.165, 1.54) is 6.07 Å². The molecule has 0 aromatic heterocycles. The maximum absolute atomic E-state index is 11.7. The normalized spacial score (nSPS) is 11.4. The number of hydrogen-bond donors (Lipinski definition) is 1. The molecule has 0 amide bonds. The highest BCUT2D eigenvalue weighted by Crippen LogP contribution is 2.36. The van der Waals surface area contributed by atoms with E-state index in [1.54, 1.807) is 24.3 Å². The van der Waals surface area contributed by atoms with Crippen molar-refractivity contribution in [3.63, 3.8) is 0 Å². The first-order chi connectivity index (χ1) is 9.70. The van der Waals surface area contributed by atoms with E-state index in [0.717, 1.165) is 17.4 Å². The van der Waals surface area contributed by atoms with Gasteiger partial charge in [-0.3, -0.25) is 0 Å². The predicted octanol–water partition coefficient (Wildman–Crippen LogP) is 3.73. The molecule has 6 heteroatoms. The van der Waals surface area contributed by atoms with Crippen LogP contribution in [0.5, 0.6) is 11.5 Å². The number of rotatable bonds is 3. The van der Waals surface area contributed by atoms with Crippen LogP contribution in [0.1, 0.15) is 11.1 Å². The van der Waals surface area contributed by atoms with Crippen LogP contribution >= 0.6 is 11.6 Å². The molecule has 0 aliphatic heterocycles. The van der Waals surface area contributed by atoms with Gasteiger partial charge in [0.2, 0.25) is 0 Å². The first kappa shape index (κ1) is 15.7. The number of ether oxygens (including phenoxy) is 1. The number of aryl methyl sites for hydroxylation is 2. The maximum Gasteiger partial charge on any atom is 0.177 e. The molecule has 0 saturated heterocycles. The summed E-state index contributed by atoms with van der Waals surface area (Å²) in [5.74, 6) is 0.934. The third kappa shape index (κ3) is 3.31. The van der Waals surface area contributed by atoms with Crippen molar-refractivity contribution in [1.29, 1.82) is 0 Å². The molecule has 2 aromatic rings. The first-order valence-electron chi connectivity index (χ1n) is 6.23. The van der Waals surface area contributed by atoms with Gasteiger partial charge in [0.25, 0.3) is 0 Å². The molecule has 0 bridgehead atoms. The Morgan fingerprint density at radius 2 is 1.71 bits per heavy atom. The van der Waals surface area contributed by atoms with E-state index in [-0.39, 0.29) is 10.6 Å². The molecule has 0 aliphatic rings. The zero-order chi connectivity index (χ0) is 15.8. The van der Waals surface area contributed by atoms with Crippen molar-refractivity contribution >= 4 is 27.1 Å². The fourth-order valence-corrected chi connectivity index (χ4v) is 3.26. The Morgan fingerprint density at radius 3 is 2.24 bits per heavy atom. The summed E-state index contributed by atoms with van der Waals surface area (Å²) in [6, 6.07) is 8.25. The van der Waals surface area contributed by atoms with Crippen LogP contribution in [0, 0.1) is 13.8 Å². The van der Waals surface area contributed by atoms with Gasteiger partial charge < -0.3 is 10.5 Å². The van der Waals surface area contributed by atoms with Crippen LogP contribution in [0.2, 0.25) is 5.02 Å². The zero-order valence-electron chi connectivity index (χ0n) is 12.0. The van der Waals surface area contributed by atoms with Crippen LogP contribution in [-0.4, -0.2) is 14.7 Å². The molecule has 0 aliphatic carbocycles. The Labute approximate surface area is 129 Å². The van der Waals surface area contributed by atoms with Crippen LogP contribution in [0.4, 0.5) is 5.69 Å². The Morgan fingerprint density at radius 1 is 1.14 bits per heavy atom. The maximum atomic E-state index is 11.7. The standard InChI is InChI=1S/C15H16ClNO3S/c1-9-7-11(16)8-10(2)15(9)20-12-5-4-6-13(14(12)17)21(3,18)19/h4-8H,17H2,1-3H3. The summed E-state index contributed by atoms with van der Waals surface area (Å²) in [6.07, 6.45) is 1.11. The Kier molecular flexibility index (Phi) is 4.16. The lowest BCUT2D eigenvalue weighted by Crippen LogP contribution is -2.04.